The fraction of sp³-hybridized carbons (Fsp3) is 0.450. The maximum atomic E-state index is 13.0. The molecule has 1 unspecified atom stereocenters. The molecule has 24 heavy (non-hydrogen) atoms. The Morgan fingerprint density at radius 1 is 1.17 bits per heavy atom. The lowest BCUT2D eigenvalue weighted by atomic mass is 9.94. The van der Waals surface area contributed by atoms with Crippen LogP contribution in [0.15, 0.2) is 42.6 Å². The molecule has 2 aromatic rings. The highest BCUT2D eigenvalue weighted by molar-refractivity contribution is 5.93. The summed E-state index contributed by atoms with van der Waals surface area (Å²) in [4.78, 5) is 17.2. The summed E-state index contributed by atoms with van der Waals surface area (Å²) in [6, 6.07) is 12.8. The molecule has 1 atom stereocenters. The van der Waals surface area contributed by atoms with Crippen LogP contribution in [0.5, 0.6) is 0 Å². The molecule has 4 nitrogen and oxygen atoms in total. The van der Waals surface area contributed by atoms with E-state index in [2.05, 4.69) is 48.2 Å². The second-order valence-corrected chi connectivity index (χ2v) is 6.99. The van der Waals surface area contributed by atoms with Crippen molar-refractivity contribution in [1.82, 2.24) is 14.4 Å². The number of rotatable bonds is 4. The van der Waals surface area contributed by atoms with Gasteiger partial charge < -0.3 is 14.4 Å². The number of hydrogen-bond acceptors (Lipinski definition) is 2. The van der Waals surface area contributed by atoms with Gasteiger partial charge >= 0.3 is 0 Å². The number of benzene rings is 1. The largest absolute Gasteiger partial charge is 0.347 e. The van der Waals surface area contributed by atoms with Crippen molar-refractivity contribution in [3.05, 3.63) is 59.4 Å². The highest BCUT2D eigenvalue weighted by Crippen LogP contribution is 2.32. The summed E-state index contributed by atoms with van der Waals surface area (Å²) in [5.74, 6) is 0.143. The average molecular weight is 325 g/mol. The van der Waals surface area contributed by atoms with Crippen LogP contribution in [-0.2, 0) is 13.6 Å². The molecule has 0 radical (unpaired) electrons. The Labute approximate surface area is 144 Å². The van der Waals surface area contributed by atoms with E-state index in [0.29, 0.717) is 0 Å². The lowest BCUT2D eigenvalue weighted by molar-refractivity contribution is 0.0601. The van der Waals surface area contributed by atoms with Gasteiger partial charge in [0.15, 0.2) is 0 Å². The molecule has 1 saturated heterocycles. The molecule has 1 aromatic heterocycles. The molecule has 3 rings (SSSR count). The van der Waals surface area contributed by atoms with Crippen LogP contribution in [0.4, 0.5) is 0 Å². The normalized spacial score (nSPS) is 18.2. The molecular weight excluding hydrogens is 298 g/mol. The first kappa shape index (κ1) is 16.8. The van der Waals surface area contributed by atoms with Crippen LogP contribution in [0, 0.1) is 0 Å². The van der Waals surface area contributed by atoms with Crippen LogP contribution in [0.2, 0.25) is 0 Å². The number of carbonyl (C=O) groups excluding carboxylic acids is 1. The van der Waals surface area contributed by atoms with E-state index in [4.69, 9.17) is 0 Å². The molecule has 0 aliphatic carbocycles. The molecule has 1 amide bonds. The number of aryl methyl sites for hydroxylation is 1. The predicted octanol–water partition coefficient (Wildman–Crippen LogP) is 3.45. The summed E-state index contributed by atoms with van der Waals surface area (Å²) >= 11 is 0. The highest BCUT2D eigenvalue weighted by atomic mass is 16.2. The molecule has 1 aromatic carbocycles. The van der Waals surface area contributed by atoms with Gasteiger partial charge in [0.25, 0.3) is 5.91 Å². The fourth-order valence-electron chi connectivity index (χ4n) is 3.56. The molecule has 1 aliphatic heterocycles. The topological polar surface area (TPSA) is 28.5 Å². The third-order valence-electron chi connectivity index (χ3n) is 4.79. The standard InChI is InChI=1S/C20H27N3O/c1-21(2)15-16-9-11-17(12-10-16)18-7-4-5-14-23(18)20(24)19-8-6-13-22(19)3/h6,8-13,18H,4-5,7,14-15H2,1-3H3. The van der Waals surface area contributed by atoms with Crippen LogP contribution in [0.1, 0.15) is 46.9 Å². The van der Waals surface area contributed by atoms with Gasteiger partial charge in [0.05, 0.1) is 6.04 Å². The van der Waals surface area contributed by atoms with Crippen LogP contribution in [-0.4, -0.2) is 40.9 Å². The van der Waals surface area contributed by atoms with Crippen LogP contribution < -0.4 is 0 Å². The summed E-state index contributed by atoms with van der Waals surface area (Å²) in [7, 11) is 6.09. The minimum atomic E-state index is 0.143. The maximum Gasteiger partial charge on any atom is 0.270 e. The van der Waals surface area contributed by atoms with Crippen molar-refractivity contribution in [2.45, 2.75) is 31.8 Å². The molecule has 1 aliphatic rings. The van der Waals surface area contributed by atoms with Crippen molar-refractivity contribution in [2.75, 3.05) is 20.6 Å². The minimum Gasteiger partial charge on any atom is -0.347 e. The van der Waals surface area contributed by atoms with Crippen LogP contribution >= 0.6 is 0 Å². The summed E-state index contributed by atoms with van der Waals surface area (Å²) in [5, 5.41) is 0. The van der Waals surface area contributed by atoms with Gasteiger partial charge in [-0.25, -0.2) is 0 Å². The second-order valence-electron chi connectivity index (χ2n) is 6.99. The third-order valence-corrected chi connectivity index (χ3v) is 4.79. The number of piperidine rings is 1. The Morgan fingerprint density at radius 3 is 2.54 bits per heavy atom. The molecule has 128 valence electrons. The Morgan fingerprint density at radius 2 is 1.92 bits per heavy atom. The van der Waals surface area contributed by atoms with E-state index in [1.165, 1.54) is 17.5 Å². The van der Waals surface area contributed by atoms with Gasteiger partial charge in [-0.3, -0.25) is 4.79 Å². The molecular formula is C20H27N3O. The molecule has 0 saturated carbocycles. The molecule has 0 bridgehead atoms. The molecule has 2 heterocycles. The van der Waals surface area contributed by atoms with E-state index in [9.17, 15) is 4.79 Å². The van der Waals surface area contributed by atoms with Crippen molar-refractivity contribution in [3.63, 3.8) is 0 Å². The number of aromatic nitrogens is 1. The van der Waals surface area contributed by atoms with E-state index in [1.54, 1.807) is 0 Å². The van der Waals surface area contributed by atoms with Crippen molar-refractivity contribution in [3.8, 4) is 0 Å². The quantitative estimate of drug-likeness (QED) is 0.861. The zero-order valence-electron chi connectivity index (χ0n) is 14.9. The maximum absolute atomic E-state index is 13.0. The zero-order chi connectivity index (χ0) is 17.1. The Hall–Kier alpha value is -2.07. The number of nitrogens with zero attached hydrogens (tertiary/aromatic N) is 3. The van der Waals surface area contributed by atoms with Crippen molar-refractivity contribution >= 4 is 5.91 Å². The highest BCUT2D eigenvalue weighted by Gasteiger charge is 2.29. The minimum absolute atomic E-state index is 0.143. The van der Waals surface area contributed by atoms with E-state index >= 15 is 0 Å². The third kappa shape index (κ3) is 3.54. The zero-order valence-corrected chi connectivity index (χ0v) is 14.9. The molecule has 0 N–H and O–H groups in total. The Bertz CT molecular complexity index is 687. The van der Waals surface area contributed by atoms with Gasteiger partial charge in [0.1, 0.15) is 5.69 Å². The number of carbonyl (C=O) groups is 1. The van der Waals surface area contributed by atoms with Crippen LogP contribution in [0.3, 0.4) is 0 Å². The lowest BCUT2D eigenvalue weighted by Gasteiger charge is -2.36. The summed E-state index contributed by atoms with van der Waals surface area (Å²) in [6.45, 7) is 1.78. The van der Waals surface area contributed by atoms with Gasteiger partial charge in [-0.15, -0.1) is 0 Å². The number of likely N-dealkylation sites (tertiary alicyclic amines) is 1. The number of amides is 1. The molecule has 1 fully saturated rings. The van der Waals surface area contributed by atoms with Crippen molar-refractivity contribution < 1.29 is 4.79 Å². The molecule has 4 heteroatoms. The van der Waals surface area contributed by atoms with Crippen LogP contribution in [0.25, 0.3) is 0 Å². The van der Waals surface area contributed by atoms with Gasteiger partial charge in [0.2, 0.25) is 0 Å². The summed E-state index contributed by atoms with van der Waals surface area (Å²) < 4.78 is 1.91. The van der Waals surface area contributed by atoms with Gasteiger partial charge in [-0.2, -0.15) is 0 Å². The number of hydrogen-bond donors (Lipinski definition) is 0. The van der Waals surface area contributed by atoms with Gasteiger partial charge in [-0.05, 0) is 56.6 Å². The molecule has 0 spiro atoms. The van der Waals surface area contributed by atoms with Gasteiger partial charge in [-0.1, -0.05) is 24.3 Å². The smallest absolute Gasteiger partial charge is 0.270 e. The Balaban J connectivity index is 1.82. The monoisotopic (exact) mass is 325 g/mol. The first-order valence-corrected chi connectivity index (χ1v) is 8.72. The van der Waals surface area contributed by atoms with Gasteiger partial charge in [0, 0.05) is 26.3 Å². The summed E-state index contributed by atoms with van der Waals surface area (Å²) in [5.41, 5.74) is 3.32. The van der Waals surface area contributed by atoms with Crippen molar-refractivity contribution in [1.29, 1.82) is 0 Å². The van der Waals surface area contributed by atoms with E-state index < -0.39 is 0 Å². The van der Waals surface area contributed by atoms with Crippen molar-refractivity contribution in [2.24, 2.45) is 7.05 Å². The van der Waals surface area contributed by atoms with E-state index in [1.807, 2.05) is 29.9 Å². The SMILES string of the molecule is CN(C)Cc1ccc(C2CCCCN2C(=O)c2cccn2C)cc1. The average Bonchev–Trinajstić information content (AvgIpc) is 3.00. The fourth-order valence-corrected chi connectivity index (χ4v) is 3.56. The van der Waals surface area contributed by atoms with E-state index in [0.717, 1.165) is 31.6 Å². The first-order chi connectivity index (χ1) is 11.6. The predicted molar refractivity (Wildman–Crippen MR) is 96.9 cm³/mol. The summed E-state index contributed by atoms with van der Waals surface area (Å²) in [6.07, 6.45) is 5.25. The van der Waals surface area contributed by atoms with E-state index in [-0.39, 0.29) is 11.9 Å². The first-order valence-electron chi connectivity index (χ1n) is 8.72. The lowest BCUT2D eigenvalue weighted by Crippen LogP contribution is -2.39. The second kappa shape index (κ2) is 7.22. The Kier molecular flexibility index (Phi) is 5.05.